The van der Waals surface area contributed by atoms with Gasteiger partial charge in [-0.1, -0.05) is 6.42 Å². The standard InChI is InChI=1S/C14H25NO/c1-14(2)9-12(5-6-16-14)15-13-8-10-3-4-11(13)7-10/h10-13,15H,3-9H2,1-2H3. The quantitative estimate of drug-likeness (QED) is 0.777. The van der Waals surface area contributed by atoms with Gasteiger partial charge in [0.25, 0.3) is 0 Å². The second-order valence-corrected chi connectivity index (χ2v) is 6.75. The first-order chi connectivity index (χ1) is 7.62. The van der Waals surface area contributed by atoms with Gasteiger partial charge in [-0.3, -0.25) is 0 Å². The van der Waals surface area contributed by atoms with Gasteiger partial charge in [0.15, 0.2) is 0 Å². The highest BCUT2D eigenvalue weighted by Gasteiger charge is 2.41. The summed E-state index contributed by atoms with van der Waals surface area (Å²) in [5.41, 5.74) is 0.0908. The molecule has 92 valence electrons. The Morgan fingerprint density at radius 1 is 1.12 bits per heavy atom. The zero-order chi connectivity index (χ0) is 11.2. The minimum Gasteiger partial charge on any atom is -0.375 e. The fraction of sp³-hybridized carbons (Fsp3) is 1.00. The van der Waals surface area contributed by atoms with Gasteiger partial charge in [-0.15, -0.1) is 0 Å². The Morgan fingerprint density at radius 2 is 2.00 bits per heavy atom. The van der Waals surface area contributed by atoms with Crippen molar-refractivity contribution in [3.05, 3.63) is 0 Å². The van der Waals surface area contributed by atoms with Crippen LogP contribution in [0.15, 0.2) is 0 Å². The van der Waals surface area contributed by atoms with Crippen LogP contribution >= 0.6 is 0 Å². The number of hydrogen-bond acceptors (Lipinski definition) is 2. The van der Waals surface area contributed by atoms with Gasteiger partial charge >= 0.3 is 0 Å². The molecule has 2 bridgehead atoms. The maximum Gasteiger partial charge on any atom is 0.0641 e. The number of ether oxygens (including phenoxy) is 1. The van der Waals surface area contributed by atoms with E-state index in [0.29, 0.717) is 6.04 Å². The van der Waals surface area contributed by atoms with Gasteiger partial charge in [0.05, 0.1) is 5.60 Å². The van der Waals surface area contributed by atoms with E-state index in [-0.39, 0.29) is 5.60 Å². The lowest BCUT2D eigenvalue weighted by Gasteiger charge is -2.38. The van der Waals surface area contributed by atoms with Gasteiger partial charge in [0, 0.05) is 18.7 Å². The number of nitrogens with one attached hydrogen (secondary N) is 1. The third-order valence-electron chi connectivity index (χ3n) is 4.88. The van der Waals surface area contributed by atoms with Crippen LogP contribution in [0.5, 0.6) is 0 Å². The van der Waals surface area contributed by atoms with Crippen LogP contribution < -0.4 is 5.32 Å². The highest BCUT2D eigenvalue weighted by Crippen LogP contribution is 2.45. The molecule has 0 aromatic heterocycles. The summed E-state index contributed by atoms with van der Waals surface area (Å²) in [6, 6.07) is 1.53. The molecule has 2 aliphatic carbocycles. The van der Waals surface area contributed by atoms with Crippen LogP contribution in [0.1, 0.15) is 52.4 Å². The van der Waals surface area contributed by atoms with E-state index >= 15 is 0 Å². The summed E-state index contributed by atoms with van der Waals surface area (Å²) >= 11 is 0. The molecule has 16 heavy (non-hydrogen) atoms. The molecule has 3 rings (SSSR count). The molecule has 0 spiro atoms. The normalized spacial score (nSPS) is 46.1. The number of rotatable bonds is 2. The molecule has 2 nitrogen and oxygen atoms in total. The molecule has 1 N–H and O–H groups in total. The minimum atomic E-state index is 0.0908. The van der Waals surface area contributed by atoms with Crippen molar-refractivity contribution in [2.75, 3.05) is 6.61 Å². The van der Waals surface area contributed by atoms with Crippen LogP contribution in [0.2, 0.25) is 0 Å². The molecule has 1 aliphatic heterocycles. The fourth-order valence-corrected chi connectivity index (χ4v) is 4.13. The Balaban J connectivity index is 1.55. The van der Waals surface area contributed by atoms with Gasteiger partial charge < -0.3 is 10.1 Å². The average Bonchev–Trinajstić information content (AvgIpc) is 2.77. The summed E-state index contributed by atoms with van der Waals surface area (Å²) in [6.45, 7) is 5.38. The Hall–Kier alpha value is -0.0800. The molecule has 3 aliphatic rings. The van der Waals surface area contributed by atoms with E-state index in [2.05, 4.69) is 19.2 Å². The average molecular weight is 223 g/mol. The lowest BCUT2D eigenvalue weighted by Crippen LogP contribution is -2.48. The topological polar surface area (TPSA) is 21.3 Å². The first-order valence-electron chi connectivity index (χ1n) is 7.02. The van der Waals surface area contributed by atoms with Crippen LogP contribution in [-0.4, -0.2) is 24.3 Å². The van der Waals surface area contributed by atoms with E-state index in [0.717, 1.165) is 24.5 Å². The van der Waals surface area contributed by atoms with Crippen LogP contribution in [0, 0.1) is 11.8 Å². The second-order valence-electron chi connectivity index (χ2n) is 6.75. The molecule has 4 atom stereocenters. The summed E-state index contributed by atoms with van der Waals surface area (Å²) in [7, 11) is 0. The van der Waals surface area contributed by atoms with Crippen molar-refractivity contribution in [1.29, 1.82) is 0 Å². The third-order valence-corrected chi connectivity index (χ3v) is 4.88. The molecule has 0 radical (unpaired) electrons. The molecule has 3 fully saturated rings. The first-order valence-corrected chi connectivity index (χ1v) is 7.02. The Kier molecular flexibility index (Phi) is 2.75. The van der Waals surface area contributed by atoms with Crippen molar-refractivity contribution in [2.45, 2.75) is 70.1 Å². The maximum atomic E-state index is 5.78. The predicted octanol–water partition coefficient (Wildman–Crippen LogP) is 2.72. The van der Waals surface area contributed by atoms with Crippen molar-refractivity contribution < 1.29 is 4.74 Å². The highest BCUT2D eigenvalue weighted by atomic mass is 16.5. The Labute approximate surface area is 99.1 Å². The van der Waals surface area contributed by atoms with Gasteiger partial charge in [-0.05, 0) is 57.8 Å². The van der Waals surface area contributed by atoms with Crippen molar-refractivity contribution in [1.82, 2.24) is 5.32 Å². The van der Waals surface area contributed by atoms with E-state index < -0.39 is 0 Å². The van der Waals surface area contributed by atoms with E-state index in [1.54, 1.807) is 0 Å². The summed E-state index contributed by atoms with van der Waals surface area (Å²) in [5, 5.41) is 3.92. The molecular weight excluding hydrogens is 198 g/mol. The zero-order valence-corrected chi connectivity index (χ0v) is 10.7. The van der Waals surface area contributed by atoms with E-state index in [1.807, 2.05) is 0 Å². The van der Waals surface area contributed by atoms with Crippen molar-refractivity contribution in [2.24, 2.45) is 11.8 Å². The summed E-state index contributed by atoms with van der Waals surface area (Å²) in [5.74, 6) is 2.05. The first kappa shape index (κ1) is 11.0. The molecule has 0 aromatic carbocycles. The second kappa shape index (κ2) is 3.99. The molecule has 1 saturated heterocycles. The predicted molar refractivity (Wildman–Crippen MR) is 65.4 cm³/mol. The largest absolute Gasteiger partial charge is 0.375 e. The number of fused-ring (bicyclic) bond motifs is 2. The van der Waals surface area contributed by atoms with E-state index in [1.165, 1.54) is 38.5 Å². The molecule has 0 amide bonds. The summed E-state index contributed by atoms with van der Waals surface area (Å²) < 4.78 is 5.78. The minimum absolute atomic E-state index is 0.0908. The molecule has 2 heteroatoms. The lowest BCUT2D eigenvalue weighted by atomic mass is 9.90. The lowest BCUT2D eigenvalue weighted by molar-refractivity contribution is -0.0648. The molecular formula is C14H25NO. The SMILES string of the molecule is CC1(C)CC(NC2CC3CCC2C3)CCO1. The van der Waals surface area contributed by atoms with Crippen molar-refractivity contribution in [3.63, 3.8) is 0 Å². The monoisotopic (exact) mass is 223 g/mol. The van der Waals surface area contributed by atoms with Crippen LogP contribution in [0.3, 0.4) is 0 Å². The molecule has 2 saturated carbocycles. The van der Waals surface area contributed by atoms with Gasteiger partial charge in [-0.2, -0.15) is 0 Å². The van der Waals surface area contributed by atoms with Crippen LogP contribution in [0.4, 0.5) is 0 Å². The van der Waals surface area contributed by atoms with Crippen molar-refractivity contribution >= 4 is 0 Å². The van der Waals surface area contributed by atoms with Gasteiger partial charge in [-0.25, -0.2) is 0 Å². The Morgan fingerprint density at radius 3 is 2.62 bits per heavy atom. The van der Waals surface area contributed by atoms with Crippen molar-refractivity contribution in [3.8, 4) is 0 Å². The van der Waals surface area contributed by atoms with Gasteiger partial charge in [0.1, 0.15) is 0 Å². The molecule has 0 aromatic rings. The fourth-order valence-electron chi connectivity index (χ4n) is 4.13. The zero-order valence-electron chi connectivity index (χ0n) is 10.7. The third kappa shape index (κ3) is 2.14. The maximum absolute atomic E-state index is 5.78. The summed E-state index contributed by atoms with van der Waals surface area (Å²) in [4.78, 5) is 0. The Bertz CT molecular complexity index is 263. The molecule has 1 heterocycles. The smallest absolute Gasteiger partial charge is 0.0641 e. The van der Waals surface area contributed by atoms with E-state index in [4.69, 9.17) is 4.74 Å². The number of hydrogen-bond donors (Lipinski definition) is 1. The summed E-state index contributed by atoms with van der Waals surface area (Å²) in [6.07, 6.45) is 8.32. The van der Waals surface area contributed by atoms with Crippen LogP contribution in [-0.2, 0) is 4.74 Å². The highest BCUT2D eigenvalue weighted by molar-refractivity contribution is 4.96. The van der Waals surface area contributed by atoms with Crippen LogP contribution in [0.25, 0.3) is 0 Å². The molecule has 4 unspecified atom stereocenters. The van der Waals surface area contributed by atoms with Gasteiger partial charge in [0.2, 0.25) is 0 Å². The van der Waals surface area contributed by atoms with E-state index in [9.17, 15) is 0 Å².